The monoisotopic (exact) mass is 488 g/mol. The molecule has 35 heavy (non-hydrogen) atoms. The number of fused-ring (bicyclic) bond motifs is 1. The molecule has 8 heteroatoms. The Morgan fingerprint density at radius 2 is 1.66 bits per heavy atom. The number of imidazole rings is 1. The molecule has 2 aliphatic rings. The maximum Gasteiger partial charge on any atom is 0.326 e. The number of carbonyl (C=O) groups is 1. The summed E-state index contributed by atoms with van der Waals surface area (Å²) in [5, 5.41) is 1.14. The highest BCUT2D eigenvalue weighted by molar-refractivity contribution is 7.18. The molecule has 2 aliphatic heterocycles. The third-order valence-corrected chi connectivity index (χ3v) is 8.23. The van der Waals surface area contributed by atoms with Gasteiger partial charge in [0.25, 0.3) is 5.91 Å². The molecule has 1 N–H and O–H groups in total. The Bertz CT molecular complexity index is 1390. The van der Waals surface area contributed by atoms with Crippen LogP contribution in [0.2, 0.25) is 0 Å². The van der Waals surface area contributed by atoms with E-state index >= 15 is 0 Å². The number of hydrogen-bond acceptors (Lipinski definition) is 5. The predicted octanol–water partition coefficient (Wildman–Crippen LogP) is 4.37. The smallest absolute Gasteiger partial charge is 0.326 e. The summed E-state index contributed by atoms with van der Waals surface area (Å²) < 4.78 is 7.42. The van der Waals surface area contributed by atoms with E-state index in [1.165, 1.54) is 0 Å². The first kappa shape index (κ1) is 22.1. The molecule has 1 amide bonds. The van der Waals surface area contributed by atoms with Crippen LogP contribution in [0.15, 0.2) is 65.5 Å². The summed E-state index contributed by atoms with van der Waals surface area (Å²) in [6, 6.07) is 20.2. The minimum atomic E-state index is -0.0723. The Hall–Kier alpha value is -3.36. The van der Waals surface area contributed by atoms with Crippen LogP contribution in [-0.4, -0.2) is 59.8 Å². The first-order valence-corrected chi connectivity index (χ1v) is 13.0. The molecule has 2 saturated heterocycles. The fourth-order valence-corrected chi connectivity index (χ4v) is 6.43. The summed E-state index contributed by atoms with van der Waals surface area (Å²) in [4.78, 5) is 34.2. The number of H-pyrrole nitrogens is 1. The van der Waals surface area contributed by atoms with Crippen molar-refractivity contribution in [3.8, 4) is 11.1 Å². The second-order valence-electron chi connectivity index (χ2n) is 9.14. The normalized spacial score (nSPS) is 17.3. The maximum absolute atomic E-state index is 13.6. The SMILES string of the molecule is O=C(c1cc(-c2ccccc2)c(N2CCOCC2)s1)N1CCC(n2c(=O)[nH]c3ccccc32)CC1. The number of para-hydroxylation sites is 2. The van der Waals surface area contributed by atoms with Crippen LogP contribution >= 0.6 is 11.3 Å². The molecule has 2 aromatic carbocycles. The molecular weight excluding hydrogens is 460 g/mol. The molecule has 6 rings (SSSR count). The number of rotatable bonds is 4. The average molecular weight is 489 g/mol. The van der Waals surface area contributed by atoms with Gasteiger partial charge in [-0.25, -0.2) is 4.79 Å². The fraction of sp³-hybridized carbons (Fsp3) is 0.333. The van der Waals surface area contributed by atoms with E-state index in [0.717, 1.165) is 58.0 Å². The number of thiophene rings is 1. The molecule has 180 valence electrons. The van der Waals surface area contributed by atoms with Crippen LogP contribution in [-0.2, 0) is 4.74 Å². The molecule has 0 bridgehead atoms. The van der Waals surface area contributed by atoms with Crippen LogP contribution in [0.1, 0.15) is 28.6 Å². The minimum absolute atomic E-state index is 0.0723. The van der Waals surface area contributed by atoms with Crippen LogP contribution in [0.5, 0.6) is 0 Å². The molecule has 0 spiro atoms. The Balaban J connectivity index is 1.23. The van der Waals surface area contributed by atoms with Crippen molar-refractivity contribution >= 4 is 33.3 Å². The highest BCUT2D eigenvalue weighted by Crippen LogP contribution is 2.40. The van der Waals surface area contributed by atoms with Crippen LogP contribution in [0.3, 0.4) is 0 Å². The highest BCUT2D eigenvalue weighted by Gasteiger charge is 2.29. The van der Waals surface area contributed by atoms with Crippen LogP contribution in [0.25, 0.3) is 22.2 Å². The number of piperidine rings is 1. The summed E-state index contributed by atoms with van der Waals surface area (Å²) in [6.45, 7) is 4.35. The number of nitrogens with zero attached hydrogens (tertiary/aromatic N) is 3. The van der Waals surface area contributed by atoms with E-state index in [0.29, 0.717) is 26.3 Å². The van der Waals surface area contributed by atoms with Gasteiger partial charge < -0.3 is 19.5 Å². The Morgan fingerprint density at radius 1 is 0.943 bits per heavy atom. The van der Waals surface area contributed by atoms with Crippen molar-refractivity contribution in [1.29, 1.82) is 0 Å². The van der Waals surface area contributed by atoms with Gasteiger partial charge in [0.05, 0.1) is 34.1 Å². The standard InChI is InChI=1S/C27H28N4O3S/c32-25(29-12-10-20(11-13-29)31-23-9-5-4-8-22(23)28-27(31)33)24-18-21(19-6-2-1-3-7-19)26(35-24)30-14-16-34-17-15-30/h1-9,18,20H,10-17H2,(H,28,33). The zero-order valence-corrected chi connectivity index (χ0v) is 20.3. The maximum atomic E-state index is 13.6. The molecule has 2 fully saturated rings. The second kappa shape index (κ2) is 9.36. The average Bonchev–Trinajstić information content (AvgIpc) is 3.50. The van der Waals surface area contributed by atoms with Gasteiger partial charge in [-0.1, -0.05) is 42.5 Å². The molecular formula is C27H28N4O3S. The quantitative estimate of drug-likeness (QED) is 0.463. The van der Waals surface area contributed by atoms with Gasteiger partial charge in [0.15, 0.2) is 0 Å². The van der Waals surface area contributed by atoms with Crippen LogP contribution < -0.4 is 10.6 Å². The van der Waals surface area contributed by atoms with E-state index in [9.17, 15) is 9.59 Å². The lowest BCUT2D eigenvalue weighted by Gasteiger charge is -2.32. The zero-order chi connectivity index (χ0) is 23.8. The number of ether oxygens (including phenoxy) is 1. The van der Waals surface area contributed by atoms with E-state index in [1.54, 1.807) is 11.3 Å². The highest BCUT2D eigenvalue weighted by atomic mass is 32.1. The lowest BCUT2D eigenvalue weighted by Crippen LogP contribution is -2.40. The van der Waals surface area contributed by atoms with Gasteiger partial charge in [-0.3, -0.25) is 9.36 Å². The van der Waals surface area contributed by atoms with Gasteiger partial charge in [-0.2, -0.15) is 0 Å². The van der Waals surface area contributed by atoms with Gasteiger partial charge in [0, 0.05) is 37.8 Å². The third-order valence-electron chi connectivity index (χ3n) is 7.05. The van der Waals surface area contributed by atoms with Gasteiger partial charge in [0.1, 0.15) is 0 Å². The molecule has 4 heterocycles. The molecule has 0 saturated carbocycles. The van der Waals surface area contributed by atoms with Gasteiger partial charge in [-0.15, -0.1) is 11.3 Å². The molecule has 0 unspecified atom stereocenters. The Labute approximate surface area is 207 Å². The Kier molecular flexibility index (Phi) is 5.91. The number of benzene rings is 2. The van der Waals surface area contributed by atoms with Crippen molar-refractivity contribution < 1.29 is 9.53 Å². The zero-order valence-electron chi connectivity index (χ0n) is 19.5. The van der Waals surface area contributed by atoms with Gasteiger partial charge >= 0.3 is 5.69 Å². The summed E-state index contributed by atoms with van der Waals surface area (Å²) in [6.07, 6.45) is 1.53. The van der Waals surface area contributed by atoms with E-state index in [2.05, 4.69) is 28.1 Å². The van der Waals surface area contributed by atoms with Crippen LogP contribution in [0.4, 0.5) is 5.00 Å². The Morgan fingerprint density at radius 3 is 2.43 bits per heavy atom. The lowest BCUT2D eigenvalue weighted by molar-refractivity contribution is 0.0700. The lowest BCUT2D eigenvalue weighted by atomic mass is 10.0. The number of morpholine rings is 1. The van der Waals surface area contributed by atoms with E-state index in [-0.39, 0.29) is 17.6 Å². The van der Waals surface area contributed by atoms with E-state index < -0.39 is 0 Å². The van der Waals surface area contributed by atoms with Crippen molar-refractivity contribution in [1.82, 2.24) is 14.5 Å². The largest absolute Gasteiger partial charge is 0.378 e. The van der Waals surface area contributed by atoms with Crippen LogP contribution in [0, 0.1) is 0 Å². The predicted molar refractivity (Wildman–Crippen MR) is 140 cm³/mol. The first-order chi connectivity index (χ1) is 17.2. The number of anilines is 1. The molecule has 0 aliphatic carbocycles. The van der Waals surface area contributed by atoms with Crippen molar-refractivity contribution in [2.24, 2.45) is 0 Å². The summed E-state index contributed by atoms with van der Waals surface area (Å²) >= 11 is 1.58. The molecule has 0 atom stereocenters. The fourth-order valence-electron chi connectivity index (χ4n) is 5.23. The topological polar surface area (TPSA) is 70.6 Å². The van der Waals surface area contributed by atoms with Crippen molar-refractivity contribution in [3.05, 3.63) is 76.0 Å². The van der Waals surface area contributed by atoms with Gasteiger partial charge in [-0.05, 0) is 36.6 Å². The number of carbonyl (C=O) groups excluding carboxylic acids is 1. The van der Waals surface area contributed by atoms with Crippen molar-refractivity contribution in [3.63, 3.8) is 0 Å². The molecule has 0 radical (unpaired) electrons. The number of likely N-dealkylation sites (tertiary alicyclic amines) is 1. The number of amides is 1. The number of hydrogen-bond donors (Lipinski definition) is 1. The summed E-state index contributed by atoms with van der Waals surface area (Å²) in [5.74, 6) is 0.0800. The van der Waals surface area contributed by atoms with Crippen molar-refractivity contribution in [2.75, 3.05) is 44.3 Å². The third kappa shape index (κ3) is 4.17. The minimum Gasteiger partial charge on any atom is -0.378 e. The van der Waals surface area contributed by atoms with E-state index in [4.69, 9.17) is 4.74 Å². The summed E-state index contributed by atoms with van der Waals surface area (Å²) in [5.41, 5.74) is 3.96. The number of nitrogens with one attached hydrogen (secondary N) is 1. The summed E-state index contributed by atoms with van der Waals surface area (Å²) in [7, 11) is 0. The molecule has 7 nitrogen and oxygen atoms in total. The van der Waals surface area contributed by atoms with Crippen molar-refractivity contribution in [2.45, 2.75) is 18.9 Å². The van der Waals surface area contributed by atoms with Gasteiger partial charge in [0.2, 0.25) is 0 Å². The number of aromatic nitrogens is 2. The molecule has 2 aromatic heterocycles. The first-order valence-electron chi connectivity index (χ1n) is 12.2. The second-order valence-corrected chi connectivity index (χ2v) is 10.2. The number of aromatic amines is 1. The molecule has 4 aromatic rings. The van der Waals surface area contributed by atoms with E-state index in [1.807, 2.05) is 51.9 Å².